The second-order valence-corrected chi connectivity index (χ2v) is 7.04. The van der Waals surface area contributed by atoms with E-state index in [0.29, 0.717) is 0 Å². The standard InChI is InChI=1S/C17H23N/c1-11-7-13(16(3,4)5)8-12(2)15(11)17(6)9-14(17)10-18/h7-8,14H,9H2,1-6H3. The predicted molar refractivity (Wildman–Crippen MR) is 75.7 cm³/mol. The summed E-state index contributed by atoms with van der Waals surface area (Å²) in [6, 6.07) is 7.04. The smallest absolute Gasteiger partial charge is 0.0665 e. The number of rotatable bonds is 1. The topological polar surface area (TPSA) is 23.8 Å². The van der Waals surface area contributed by atoms with E-state index in [1.54, 1.807) is 0 Å². The van der Waals surface area contributed by atoms with Crippen molar-refractivity contribution in [3.8, 4) is 6.07 Å². The van der Waals surface area contributed by atoms with E-state index in [0.717, 1.165) is 6.42 Å². The largest absolute Gasteiger partial charge is 0.198 e. The lowest BCUT2D eigenvalue weighted by molar-refractivity contribution is 0.587. The molecule has 0 aliphatic heterocycles. The van der Waals surface area contributed by atoms with Gasteiger partial charge in [0.1, 0.15) is 0 Å². The Kier molecular flexibility index (Phi) is 2.81. The molecule has 0 heterocycles. The van der Waals surface area contributed by atoms with Gasteiger partial charge < -0.3 is 0 Å². The first kappa shape index (κ1) is 13.1. The van der Waals surface area contributed by atoms with Crippen molar-refractivity contribution in [2.75, 3.05) is 0 Å². The maximum Gasteiger partial charge on any atom is 0.0665 e. The van der Waals surface area contributed by atoms with Crippen LogP contribution in [0.5, 0.6) is 0 Å². The average molecular weight is 241 g/mol. The summed E-state index contributed by atoms with van der Waals surface area (Å²) in [5.74, 6) is 0.204. The third-order valence-electron chi connectivity index (χ3n) is 4.36. The zero-order valence-corrected chi connectivity index (χ0v) is 12.4. The summed E-state index contributed by atoms with van der Waals surface area (Å²) in [5, 5.41) is 9.12. The van der Waals surface area contributed by atoms with Gasteiger partial charge >= 0.3 is 0 Å². The number of nitrogens with zero attached hydrogens (tertiary/aromatic N) is 1. The molecule has 18 heavy (non-hydrogen) atoms. The van der Waals surface area contributed by atoms with Crippen LogP contribution in [0.2, 0.25) is 0 Å². The lowest BCUT2D eigenvalue weighted by Gasteiger charge is -2.24. The molecule has 0 N–H and O–H groups in total. The molecule has 1 nitrogen and oxygen atoms in total. The number of nitriles is 1. The minimum absolute atomic E-state index is 0.0966. The van der Waals surface area contributed by atoms with Crippen molar-refractivity contribution in [1.29, 1.82) is 5.26 Å². The summed E-state index contributed by atoms with van der Waals surface area (Å²) in [5.41, 5.74) is 5.77. The molecule has 1 aliphatic carbocycles. The number of benzene rings is 1. The zero-order valence-electron chi connectivity index (χ0n) is 12.4. The van der Waals surface area contributed by atoms with Gasteiger partial charge in [0.05, 0.1) is 12.0 Å². The highest BCUT2D eigenvalue weighted by molar-refractivity contribution is 5.49. The van der Waals surface area contributed by atoms with E-state index in [-0.39, 0.29) is 16.7 Å². The molecular formula is C17H23N. The average Bonchev–Trinajstić information content (AvgIpc) is 2.87. The SMILES string of the molecule is Cc1cc(C(C)(C)C)cc(C)c1C1(C)CC1C#N. The molecule has 96 valence electrons. The molecule has 0 aromatic heterocycles. The third kappa shape index (κ3) is 1.94. The zero-order chi connectivity index (χ0) is 13.7. The Bertz CT molecular complexity index is 505. The molecule has 1 saturated carbocycles. The molecule has 0 saturated heterocycles. The molecule has 2 rings (SSSR count). The van der Waals surface area contributed by atoms with Gasteiger partial charge in [0.2, 0.25) is 0 Å². The molecule has 2 atom stereocenters. The first-order chi connectivity index (χ1) is 8.20. The summed E-state index contributed by atoms with van der Waals surface area (Å²) in [4.78, 5) is 0. The molecule has 1 fully saturated rings. The Morgan fingerprint density at radius 1 is 1.22 bits per heavy atom. The summed E-state index contributed by atoms with van der Waals surface area (Å²) in [7, 11) is 0. The van der Waals surface area contributed by atoms with Crippen LogP contribution in [0.15, 0.2) is 12.1 Å². The van der Waals surface area contributed by atoms with Gasteiger partial charge in [-0.1, -0.05) is 39.8 Å². The predicted octanol–water partition coefficient (Wildman–Crippen LogP) is 4.40. The molecular weight excluding hydrogens is 218 g/mol. The van der Waals surface area contributed by atoms with Gasteiger partial charge in [-0.2, -0.15) is 5.26 Å². The van der Waals surface area contributed by atoms with Crippen LogP contribution >= 0.6 is 0 Å². The van der Waals surface area contributed by atoms with E-state index in [2.05, 4.69) is 59.7 Å². The molecule has 0 bridgehead atoms. The van der Waals surface area contributed by atoms with E-state index in [1.165, 1.54) is 22.3 Å². The van der Waals surface area contributed by atoms with Gasteiger partial charge in [-0.05, 0) is 47.9 Å². The van der Waals surface area contributed by atoms with Crippen molar-refractivity contribution in [3.05, 3.63) is 34.4 Å². The summed E-state index contributed by atoms with van der Waals surface area (Å²) < 4.78 is 0. The van der Waals surface area contributed by atoms with E-state index in [4.69, 9.17) is 5.26 Å². The first-order valence-corrected chi connectivity index (χ1v) is 6.72. The van der Waals surface area contributed by atoms with Crippen LogP contribution in [0.1, 0.15) is 56.4 Å². The van der Waals surface area contributed by atoms with E-state index >= 15 is 0 Å². The molecule has 1 heteroatoms. The highest BCUT2D eigenvalue weighted by Crippen LogP contribution is 2.55. The Labute approximate surface area is 111 Å². The van der Waals surface area contributed by atoms with E-state index in [9.17, 15) is 0 Å². The Balaban J connectivity index is 2.51. The van der Waals surface area contributed by atoms with Crippen molar-refractivity contribution < 1.29 is 0 Å². The van der Waals surface area contributed by atoms with Gasteiger partial charge in [-0.25, -0.2) is 0 Å². The fraction of sp³-hybridized carbons (Fsp3) is 0.588. The molecule has 1 aromatic carbocycles. The quantitative estimate of drug-likeness (QED) is 0.714. The fourth-order valence-electron chi connectivity index (χ4n) is 3.13. The van der Waals surface area contributed by atoms with Gasteiger partial charge in [0, 0.05) is 5.41 Å². The van der Waals surface area contributed by atoms with Crippen molar-refractivity contribution in [2.45, 2.75) is 58.8 Å². The molecule has 2 unspecified atom stereocenters. The Morgan fingerprint density at radius 3 is 2.06 bits per heavy atom. The van der Waals surface area contributed by atoms with E-state index < -0.39 is 0 Å². The molecule has 0 amide bonds. The van der Waals surface area contributed by atoms with Crippen LogP contribution in [-0.2, 0) is 10.8 Å². The lowest BCUT2D eigenvalue weighted by Crippen LogP contribution is -2.15. The van der Waals surface area contributed by atoms with Crippen LogP contribution in [0.25, 0.3) is 0 Å². The molecule has 0 spiro atoms. The van der Waals surface area contributed by atoms with Gasteiger partial charge in [0.15, 0.2) is 0 Å². The summed E-state index contributed by atoms with van der Waals surface area (Å²) >= 11 is 0. The maximum atomic E-state index is 9.12. The van der Waals surface area contributed by atoms with Gasteiger partial charge in [0.25, 0.3) is 0 Å². The van der Waals surface area contributed by atoms with E-state index in [1.807, 2.05) is 0 Å². The minimum atomic E-state index is 0.0966. The van der Waals surface area contributed by atoms with Crippen molar-refractivity contribution in [3.63, 3.8) is 0 Å². The van der Waals surface area contributed by atoms with Gasteiger partial charge in [-0.15, -0.1) is 0 Å². The third-order valence-corrected chi connectivity index (χ3v) is 4.36. The Morgan fingerprint density at radius 2 is 1.72 bits per heavy atom. The van der Waals surface area contributed by atoms with Gasteiger partial charge in [-0.3, -0.25) is 0 Å². The van der Waals surface area contributed by atoms with Crippen LogP contribution in [0.3, 0.4) is 0 Å². The monoisotopic (exact) mass is 241 g/mol. The fourth-order valence-corrected chi connectivity index (χ4v) is 3.13. The second-order valence-electron chi connectivity index (χ2n) is 7.04. The van der Waals surface area contributed by atoms with Crippen LogP contribution < -0.4 is 0 Å². The van der Waals surface area contributed by atoms with Crippen molar-refractivity contribution in [2.24, 2.45) is 5.92 Å². The highest BCUT2D eigenvalue weighted by atomic mass is 14.6. The molecule has 1 aromatic rings. The lowest BCUT2D eigenvalue weighted by atomic mass is 9.80. The molecule has 1 aliphatic rings. The first-order valence-electron chi connectivity index (χ1n) is 6.72. The second kappa shape index (κ2) is 3.85. The highest BCUT2D eigenvalue weighted by Gasteiger charge is 2.53. The minimum Gasteiger partial charge on any atom is -0.198 e. The number of hydrogen-bond acceptors (Lipinski definition) is 1. The number of aryl methyl sites for hydroxylation is 2. The van der Waals surface area contributed by atoms with Crippen molar-refractivity contribution in [1.82, 2.24) is 0 Å². The van der Waals surface area contributed by atoms with Crippen LogP contribution in [-0.4, -0.2) is 0 Å². The Hall–Kier alpha value is -1.29. The van der Waals surface area contributed by atoms with Crippen LogP contribution in [0.4, 0.5) is 0 Å². The summed E-state index contributed by atoms with van der Waals surface area (Å²) in [6.07, 6.45) is 1.01. The maximum absolute atomic E-state index is 9.12. The number of hydrogen-bond donors (Lipinski definition) is 0. The normalized spacial score (nSPS) is 26.8. The van der Waals surface area contributed by atoms with Crippen LogP contribution in [0, 0.1) is 31.1 Å². The molecule has 0 radical (unpaired) electrons. The van der Waals surface area contributed by atoms with Crippen molar-refractivity contribution >= 4 is 0 Å². The summed E-state index contributed by atoms with van der Waals surface area (Å²) in [6.45, 7) is 13.4.